The summed E-state index contributed by atoms with van der Waals surface area (Å²) in [5.74, 6) is 0. The monoisotopic (exact) mass is 319 g/mol. The SMILES string of the molecule is Cc1nc(NC(=O)NC(C)(C)CCO)sc1-c1ccccc1. The first-order chi connectivity index (χ1) is 10.4. The number of hydrogen-bond acceptors (Lipinski definition) is 4. The molecule has 0 radical (unpaired) electrons. The molecule has 2 aromatic rings. The van der Waals surface area contributed by atoms with Crippen molar-refractivity contribution in [1.29, 1.82) is 0 Å². The van der Waals surface area contributed by atoms with Gasteiger partial charge in [0.1, 0.15) is 0 Å². The van der Waals surface area contributed by atoms with E-state index >= 15 is 0 Å². The highest BCUT2D eigenvalue weighted by Gasteiger charge is 2.20. The lowest BCUT2D eigenvalue weighted by Gasteiger charge is -2.24. The summed E-state index contributed by atoms with van der Waals surface area (Å²) in [6, 6.07) is 9.66. The van der Waals surface area contributed by atoms with E-state index in [1.165, 1.54) is 11.3 Å². The molecule has 0 saturated carbocycles. The summed E-state index contributed by atoms with van der Waals surface area (Å²) in [5.41, 5.74) is 1.51. The zero-order valence-electron chi connectivity index (χ0n) is 13.0. The van der Waals surface area contributed by atoms with Crippen molar-refractivity contribution in [1.82, 2.24) is 10.3 Å². The van der Waals surface area contributed by atoms with E-state index in [1.54, 1.807) is 0 Å². The molecule has 1 heterocycles. The molecule has 0 saturated heterocycles. The third kappa shape index (κ3) is 4.29. The standard InChI is InChI=1S/C16H21N3O2S/c1-11-13(12-7-5-4-6-8-12)22-15(17-11)18-14(21)19-16(2,3)9-10-20/h4-8,20H,9-10H2,1-3H3,(H2,17,18,19,21). The minimum absolute atomic E-state index is 0.0296. The van der Waals surface area contributed by atoms with Gasteiger partial charge in [-0.3, -0.25) is 5.32 Å². The number of nitrogens with zero attached hydrogens (tertiary/aromatic N) is 1. The van der Waals surface area contributed by atoms with Crippen LogP contribution in [0.1, 0.15) is 26.0 Å². The molecule has 3 N–H and O–H groups in total. The number of urea groups is 1. The third-order valence-corrected chi connectivity index (χ3v) is 4.36. The average molecular weight is 319 g/mol. The van der Waals surface area contributed by atoms with Crippen molar-refractivity contribution in [2.24, 2.45) is 0 Å². The second kappa shape index (κ2) is 6.89. The fourth-order valence-corrected chi connectivity index (χ4v) is 3.05. The second-order valence-corrected chi connectivity index (χ2v) is 6.74. The van der Waals surface area contributed by atoms with Crippen molar-refractivity contribution in [3.63, 3.8) is 0 Å². The molecule has 5 nitrogen and oxygen atoms in total. The van der Waals surface area contributed by atoms with Gasteiger partial charge in [0.05, 0.1) is 10.6 Å². The van der Waals surface area contributed by atoms with Gasteiger partial charge < -0.3 is 10.4 Å². The molecule has 2 amide bonds. The van der Waals surface area contributed by atoms with Crippen LogP contribution in [0.2, 0.25) is 0 Å². The van der Waals surface area contributed by atoms with E-state index in [0.717, 1.165) is 16.1 Å². The molecule has 118 valence electrons. The minimum Gasteiger partial charge on any atom is -0.396 e. The Morgan fingerprint density at radius 2 is 2.00 bits per heavy atom. The molecule has 0 bridgehead atoms. The van der Waals surface area contributed by atoms with Crippen LogP contribution in [0, 0.1) is 6.92 Å². The number of thiazole rings is 1. The molecule has 1 aromatic carbocycles. The van der Waals surface area contributed by atoms with Crippen LogP contribution in [0.5, 0.6) is 0 Å². The number of amides is 2. The van der Waals surface area contributed by atoms with Gasteiger partial charge >= 0.3 is 6.03 Å². The van der Waals surface area contributed by atoms with Gasteiger partial charge in [0.2, 0.25) is 0 Å². The molecule has 0 spiro atoms. The zero-order chi connectivity index (χ0) is 16.2. The van der Waals surface area contributed by atoms with Crippen molar-refractivity contribution in [2.75, 3.05) is 11.9 Å². The molecule has 0 aliphatic carbocycles. The molecule has 6 heteroatoms. The highest BCUT2D eigenvalue weighted by atomic mass is 32.1. The van der Waals surface area contributed by atoms with Crippen LogP contribution in [-0.4, -0.2) is 28.3 Å². The number of aliphatic hydroxyl groups is 1. The van der Waals surface area contributed by atoms with Gasteiger partial charge in [0, 0.05) is 12.1 Å². The van der Waals surface area contributed by atoms with E-state index in [9.17, 15) is 4.79 Å². The molecular formula is C16H21N3O2S. The van der Waals surface area contributed by atoms with Gasteiger partial charge in [0.25, 0.3) is 0 Å². The van der Waals surface area contributed by atoms with E-state index in [1.807, 2.05) is 51.1 Å². The maximum atomic E-state index is 12.0. The molecule has 1 aromatic heterocycles. The van der Waals surface area contributed by atoms with Gasteiger partial charge in [0.15, 0.2) is 5.13 Å². The fourth-order valence-electron chi connectivity index (χ4n) is 2.08. The Balaban J connectivity index is 2.07. The van der Waals surface area contributed by atoms with Crippen molar-refractivity contribution >= 4 is 22.5 Å². The Morgan fingerprint density at radius 1 is 1.32 bits per heavy atom. The van der Waals surface area contributed by atoms with E-state index < -0.39 is 5.54 Å². The number of aliphatic hydroxyl groups excluding tert-OH is 1. The fraction of sp³-hybridized carbons (Fsp3) is 0.375. The summed E-state index contributed by atoms with van der Waals surface area (Å²) in [6.45, 7) is 5.69. The summed E-state index contributed by atoms with van der Waals surface area (Å²) < 4.78 is 0. The van der Waals surface area contributed by atoms with E-state index in [-0.39, 0.29) is 12.6 Å². The van der Waals surface area contributed by atoms with Gasteiger partial charge in [-0.15, -0.1) is 0 Å². The first-order valence-corrected chi connectivity index (χ1v) is 7.96. The number of hydrogen-bond donors (Lipinski definition) is 3. The number of anilines is 1. The first-order valence-electron chi connectivity index (χ1n) is 7.14. The highest BCUT2D eigenvalue weighted by Crippen LogP contribution is 2.32. The summed E-state index contributed by atoms with van der Waals surface area (Å²) in [5, 5.41) is 15.1. The van der Waals surface area contributed by atoms with Crippen LogP contribution in [-0.2, 0) is 0 Å². The van der Waals surface area contributed by atoms with E-state index in [0.29, 0.717) is 11.6 Å². The number of benzene rings is 1. The molecule has 22 heavy (non-hydrogen) atoms. The van der Waals surface area contributed by atoms with Crippen LogP contribution >= 0.6 is 11.3 Å². The van der Waals surface area contributed by atoms with E-state index in [2.05, 4.69) is 15.6 Å². The highest BCUT2D eigenvalue weighted by molar-refractivity contribution is 7.19. The summed E-state index contributed by atoms with van der Waals surface area (Å²) in [4.78, 5) is 17.5. The number of rotatable bonds is 5. The lowest BCUT2D eigenvalue weighted by molar-refractivity contribution is 0.218. The topological polar surface area (TPSA) is 74.2 Å². The number of carbonyl (C=O) groups is 1. The molecule has 0 atom stereocenters. The van der Waals surface area contributed by atoms with Crippen LogP contribution in [0.3, 0.4) is 0 Å². The molecule has 0 unspecified atom stereocenters. The Labute approximate surface area is 134 Å². The molecule has 0 aliphatic heterocycles. The Kier molecular flexibility index (Phi) is 5.15. The summed E-state index contributed by atoms with van der Waals surface area (Å²) >= 11 is 1.45. The van der Waals surface area contributed by atoms with Crippen molar-refractivity contribution < 1.29 is 9.90 Å². The quantitative estimate of drug-likeness (QED) is 0.790. The smallest absolute Gasteiger partial charge is 0.321 e. The van der Waals surface area contributed by atoms with Gasteiger partial charge in [-0.25, -0.2) is 9.78 Å². The van der Waals surface area contributed by atoms with Crippen molar-refractivity contribution in [3.8, 4) is 10.4 Å². The molecule has 0 aliphatic rings. The maximum Gasteiger partial charge on any atom is 0.321 e. The van der Waals surface area contributed by atoms with Crippen molar-refractivity contribution in [3.05, 3.63) is 36.0 Å². The van der Waals surface area contributed by atoms with Gasteiger partial charge in [-0.1, -0.05) is 41.7 Å². The lowest BCUT2D eigenvalue weighted by atomic mass is 10.0. The number of nitrogens with one attached hydrogen (secondary N) is 2. The number of aryl methyl sites for hydroxylation is 1. The average Bonchev–Trinajstić information content (AvgIpc) is 2.79. The van der Waals surface area contributed by atoms with Gasteiger partial charge in [-0.2, -0.15) is 0 Å². The molecule has 2 rings (SSSR count). The van der Waals surface area contributed by atoms with Crippen LogP contribution < -0.4 is 10.6 Å². The first kappa shape index (κ1) is 16.5. The second-order valence-electron chi connectivity index (χ2n) is 5.74. The number of carbonyl (C=O) groups excluding carboxylic acids is 1. The lowest BCUT2D eigenvalue weighted by Crippen LogP contribution is -2.46. The largest absolute Gasteiger partial charge is 0.396 e. The minimum atomic E-state index is -0.465. The maximum absolute atomic E-state index is 12.0. The van der Waals surface area contributed by atoms with Crippen LogP contribution in [0.15, 0.2) is 30.3 Å². The Bertz CT molecular complexity index is 638. The van der Waals surface area contributed by atoms with Crippen LogP contribution in [0.25, 0.3) is 10.4 Å². The summed E-state index contributed by atoms with van der Waals surface area (Å²) in [6.07, 6.45) is 0.493. The normalized spacial score (nSPS) is 11.3. The van der Waals surface area contributed by atoms with Crippen LogP contribution in [0.4, 0.5) is 9.93 Å². The molecule has 0 fully saturated rings. The van der Waals surface area contributed by atoms with Crippen molar-refractivity contribution in [2.45, 2.75) is 32.7 Å². The third-order valence-electron chi connectivity index (χ3n) is 3.24. The van der Waals surface area contributed by atoms with Gasteiger partial charge in [-0.05, 0) is 32.8 Å². The zero-order valence-corrected chi connectivity index (χ0v) is 13.8. The Morgan fingerprint density at radius 3 is 2.64 bits per heavy atom. The van der Waals surface area contributed by atoms with E-state index in [4.69, 9.17) is 5.11 Å². The predicted molar refractivity (Wildman–Crippen MR) is 90.2 cm³/mol. The predicted octanol–water partition coefficient (Wildman–Crippen LogP) is 3.40. The Hall–Kier alpha value is -1.92. The summed E-state index contributed by atoms with van der Waals surface area (Å²) in [7, 11) is 0. The molecular weight excluding hydrogens is 298 g/mol. The number of aromatic nitrogens is 1.